The van der Waals surface area contributed by atoms with Crippen LogP contribution in [0.1, 0.15) is 64.9 Å². The maximum absolute atomic E-state index is 10.00. The number of fused-ring (bicyclic) bond motifs is 5. The van der Waals surface area contributed by atoms with E-state index in [1.165, 1.54) is 30.6 Å². The third-order valence-corrected chi connectivity index (χ3v) is 8.21. The molecule has 2 N–H and O–H groups in total. The van der Waals surface area contributed by atoms with Crippen molar-refractivity contribution in [3.63, 3.8) is 0 Å². The number of carbonyl (C=O) groups excluding carboxylic acids is 2. The predicted octanol–water partition coefficient (Wildman–Crippen LogP) is 6.01. The molecule has 0 amide bonds. The number of nitrogens with zero attached hydrogens (tertiary/aromatic N) is 2. The topological polar surface area (TPSA) is 99.3 Å². The number of aliphatic imine (C=N–C) groups is 2. The summed E-state index contributed by atoms with van der Waals surface area (Å²) in [6.07, 6.45) is 16.8. The van der Waals surface area contributed by atoms with Gasteiger partial charge in [-0.3, -0.25) is 0 Å². The van der Waals surface area contributed by atoms with Gasteiger partial charge in [-0.15, -0.1) is 0 Å². The van der Waals surface area contributed by atoms with Crippen LogP contribution in [0.5, 0.6) is 0 Å². The smallest absolute Gasteiger partial charge is 0.240 e. The van der Waals surface area contributed by atoms with Crippen molar-refractivity contribution in [1.82, 2.24) is 0 Å². The summed E-state index contributed by atoms with van der Waals surface area (Å²) in [6.45, 7) is 7.70. The molecule has 6 nitrogen and oxygen atoms in total. The van der Waals surface area contributed by atoms with Crippen molar-refractivity contribution >= 4 is 23.5 Å². The van der Waals surface area contributed by atoms with Gasteiger partial charge in [0, 0.05) is 5.56 Å². The van der Waals surface area contributed by atoms with E-state index in [0.717, 1.165) is 43.4 Å². The van der Waals surface area contributed by atoms with Gasteiger partial charge in [0.1, 0.15) is 0 Å². The van der Waals surface area contributed by atoms with Gasteiger partial charge >= 0.3 is 0 Å². The largest absolute Gasteiger partial charge is 0.393 e. The lowest BCUT2D eigenvalue weighted by molar-refractivity contribution is 0.0126. The first-order valence-electron chi connectivity index (χ1n) is 12.6. The highest BCUT2D eigenvalue weighted by atomic mass is 16.3. The summed E-state index contributed by atoms with van der Waals surface area (Å²) in [7, 11) is 0. The fourth-order valence-electron chi connectivity index (χ4n) is 6.08. The third-order valence-electron chi connectivity index (χ3n) is 8.21. The molecule has 0 saturated heterocycles. The van der Waals surface area contributed by atoms with Gasteiger partial charge in [-0.1, -0.05) is 29.9 Å². The molecule has 0 spiro atoms. The molecule has 188 valence electrons. The fraction of sp³-hybridized carbons (Fsp3) is 0.586. The van der Waals surface area contributed by atoms with Crippen LogP contribution in [0, 0.1) is 36.5 Å². The molecule has 35 heavy (non-hydrogen) atoms. The summed E-state index contributed by atoms with van der Waals surface area (Å²) in [5.74, 6) is 3.62. The van der Waals surface area contributed by atoms with Gasteiger partial charge in [-0.25, -0.2) is 9.59 Å². The van der Waals surface area contributed by atoms with Crippen LogP contribution < -0.4 is 0 Å². The lowest BCUT2D eigenvalue weighted by Crippen LogP contribution is -2.31. The van der Waals surface area contributed by atoms with Crippen LogP contribution in [0.4, 0.5) is 11.4 Å². The number of hydrogen-bond acceptors (Lipinski definition) is 6. The molecule has 1 aromatic rings. The van der Waals surface area contributed by atoms with E-state index < -0.39 is 5.60 Å². The minimum absolute atomic E-state index is 0.0427. The second kappa shape index (κ2) is 11.9. The SMILES string of the molecule is CC1=CCC(C(C)(C)O)CC1.Cc1c(N=C=O)cccc1N=C=O.OC1CC2CC1C1CC=CC21. The molecule has 0 heterocycles. The standard InChI is InChI=1S/C10H14O.C10H18O.C9H6N2O2/c11-10-5-6-4-9(10)8-3-1-2-7(6)8;1-8-4-6-9(7-5-8)10(2,3)11;1-7-8(10-5-12)3-2-4-9(7)11-6-13/h1-2,6-11H,3-5H2;4,9,11H,5-7H2,1-3H3;2-4H,1H3. The average molecular weight is 479 g/mol. The maximum Gasteiger partial charge on any atom is 0.240 e. The second-order valence-corrected chi connectivity index (χ2v) is 10.9. The Balaban J connectivity index is 0.000000147. The molecule has 4 aliphatic rings. The highest BCUT2D eigenvalue weighted by molar-refractivity contribution is 5.64. The summed E-state index contributed by atoms with van der Waals surface area (Å²) in [5.41, 5.74) is 2.58. The van der Waals surface area contributed by atoms with Crippen molar-refractivity contribution in [2.24, 2.45) is 39.6 Å². The van der Waals surface area contributed by atoms with Gasteiger partial charge in [0.2, 0.25) is 12.2 Å². The van der Waals surface area contributed by atoms with E-state index in [1.807, 2.05) is 13.8 Å². The Hall–Kier alpha value is -2.62. The molecule has 2 bridgehead atoms. The predicted molar refractivity (Wildman–Crippen MR) is 137 cm³/mol. The van der Waals surface area contributed by atoms with Gasteiger partial charge in [-0.2, -0.15) is 9.98 Å². The average Bonchev–Trinajstić information content (AvgIpc) is 3.51. The van der Waals surface area contributed by atoms with Gasteiger partial charge in [-0.05, 0) is 108 Å². The third kappa shape index (κ3) is 6.74. The summed E-state index contributed by atoms with van der Waals surface area (Å²) < 4.78 is 0. The van der Waals surface area contributed by atoms with Gasteiger partial charge in [0.05, 0.1) is 23.1 Å². The van der Waals surface area contributed by atoms with Gasteiger partial charge in [0.25, 0.3) is 0 Å². The number of benzene rings is 1. The van der Waals surface area contributed by atoms with E-state index in [9.17, 15) is 19.8 Å². The Kier molecular flexibility index (Phi) is 9.15. The van der Waals surface area contributed by atoms with Gasteiger partial charge < -0.3 is 10.2 Å². The molecule has 5 rings (SSSR count). The van der Waals surface area contributed by atoms with E-state index >= 15 is 0 Å². The lowest BCUT2D eigenvalue weighted by atomic mass is 9.80. The molecular formula is C29H38N2O4. The minimum Gasteiger partial charge on any atom is -0.393 e. The molecule has 4 aliphatic carbocycles. The Bertz CT molecular complexity index is 1010. The summed E-state index contributed by atoms with van der Waals surface area (Å²) in [5, 5.41) is 19.3. The molecule has 0 aromatic heterocycles. The van der Waals surface area contributed by atoms with E-state index in [1.54, 1.807) is 25.1 Å². The second-order valence-electron chi connectivity index (χ2n) is 10.9. The highest BCUT2D eigenvalue weighted by Crippen LogP contribution is 2.56. The number of isocyanates is 2. The minimum atomic E-state index is -0.489. The lowest BCUT2D eigenvalue weighted by Gasteiger charge is -2.31. The maximum atomic E-state index is 10.00. The highest BCUT2D eigenvalue weighted by Gasteiger charge is 2.51. The van der Waals surface area contributed by atoms with E-state index in [4.69, 9.17) is 0 Å². The van der Waals surface area contributed by atoms with E-state index in [2.05, 4.69) is 35.1 Å². The molecule has 1 aromatic carbocycles. The van der Waals surface area contributed by atoms with Crippen molar-refractivity contribution in [2.45, 2.75) is 77.9 Å². The van der Waals surface area contributed by atoms with Crippen LogP contribution in [0.25, 0.3) is 0 Å². The number of aliphatic hydroxyl groups excluding tert-OH is 1. The molecule has 0 aliphatic heterocycles. The number of aliphatic hydroxyl groups is 2. The van der Waals surface area contributed by atoms with Crippen LogP contribution in [0.15, 0.2) is 52.0 Å². The van der Waals surface area contributed by atoms with Gasteiger partial charge in [0.15, 0.2) is 0 Å². The number of rotatable bonds is 3. The zero-order valence-corrected chi connectivity index (χ0v) is 21.3. The van der Waals surface area contributed by atoms with E-state index in [-0.39, 0.29) is 6.10 Å². The summed E-state index contributed by atoms with van der Waals surface area (Å²) in [4.78, 5) is 26.9. The van der Waals surface area contributed by atoms with Crippen molar-refractivity contribution < 1.29 is 19.8 Å². The monoisotopic (exact) mass is 478 g/mol. The van der Waals surface area contributed by atoms with Crippen LogP contribution in [0.3, 0.4) is 0 Å². The molecule has 6 atom stereocenters. The van der Waals surface area contributed by atoms with Crippen molar-refractivity contribution in [3.05, 3.63) is 47.6 Å². The molecular weight excluding hydrogens is 440 g/mol. The summed E-state index contributed by atoms with van der Waals surface area (Å²) >= 11 is 0. The zero-order chi connectivity index (χ0) is 25.6. The summed E-state index contributed by atoms with van der Waals surface area (Å²) in [6, 6.07) is 4.94. The van der Waals surface area contributed by atoms with Crippen LogP contribution in [-0.2, 0) is 9.59 Å². The number of allylic oxidation sites excluding steroid dienone is 4. The first kappa shape index (κ1) is 27.0. The fourth-order valence-corrected chi connectivity index (χ4v) is 6.08. The Morgan fingerprint density at radius 1 is 1.00 bits per heavy atom. The first-order chi connectivity index (χ1) is 16.7. The van der Waals surface area contributed by atoms with Crippen LogP contribution in [-0.4, -0.2) is 34.1 Å². The van der Waals surface area contributed by atoms with Crippen molar-refractivity contribution in [2.75, 3.05) is 0 Å². The quantitative estimate of drug-likeness (QED) is 0.315. The molecule has 0 radical (unpaired) electrons. The number of hydrogen-bond donors (Lipinski definition) is 2. The first-order valence-corrected chi connectivity index (χ1v) is 12.6. The Morgan fingerprint density at radius 2 is 1.66 bits per heavy atom. The molecule has 2 fully saturated rings. The molecule has 2 saturated carbocycles. The molecule has 6 heteroatoms. The van der Waals surface area contributed by atoms with Crippen LogP contribution in [0.2, 0.25) is 0 Å². The van der Waals surface area contributed by atoms with Crippen molar-refractivity contribution in [1.29, 1.82) is 0 Å². The zero-order valence-electron chi connectivity index (χ0n) is 21.3. The van der Waals surface area contributed by atoms with Crippen molar-refractivity contribution in [3.8, 4) is 0 Å². The molecule has 6 unspecified atom stereocenters. The normalized spacial score (nSPS) is 29.9. The van der Waals surface area contributed by atoms with Crippen LogP contribution >= 0.6 is 0 Å². The Morgan fingerprint density at radius 3 is 2.20 bits per heavy atom. The Labute approximate surface area is 208 Å². The van der Waals surface area contributed by atoms with E-state index in [0.29, 0.717) is 28.8 Å².